The first-order valence-corrected chi connectivity index (χ1v) is 9.33. The van der Waals surface area contributed by atoms with Crippen LogP contribution in [0.2, 0.25) is 0 Å². The van der Waals surface area contributed by atoms with E-state index in [1.165, 1.54) is 6.20 Å². The van der Waals surface area contributed by atoms with Gasteiger partial charge in [-0.1, -0.05) is 12.1 Å². The fourth-order valence-electron chi connectivity index (χ4n) is 2.94. The Balaban J connectivity index is 1.81. The van der Waals surface area contributed by atoms with Crippen molar-refractivity contribution in [3.63, 3.8) is 0 Å². The third-order valence-corrected chi connectivity index (χ3v) is 4.21. The van der Waals surface area contributed by atoms with Crippen molar-refractivity contribution in [2.45, 2.75) is 20.3 Å². The number of fused-ring (bicyclic) bond motifs is 1. The molecule has 0 saturated carbocycles. The van der Waals surface area contributed by atoms with Gasteiger partial charge in [-0.05, 0) is 50.1 Å². The van der Waals surface area contributed by atoms with E-state index in [1.807, 2.05) is 32.0 Å². The van der Waals surface area contributed by atoms with Crippen LogP contribution in [0, 0.1) is 10.1 Å². The number of ether oxygens (including phenoxy) is 2. The fraction of sp³-hybridized carbons (Fsp3) is 0.300. The maximum atomic E-state index is 12.5. The van der Waals surface area contributed by atoms with Crippen molar-refractivity contribution in [2.24, 2.45) is 0 Å². The molecule has 29 heavy (non-hydrogen) atoms. The summed E-state index contributed by atoms with van der Waals surface area (Å²) in [5, 5.41) is 14.3. The molecule has 9 heteroatoms. The van der Waals surface area contributed by atoms with Gasteiger partial charge in [-0.25, -0.2) is 4.98 Å². The normalized spacial score (nSPS) is 10.7. The molecule has 0 aliphatic rings. The van der Waals surface area contributed by atoms with Crippen molar-refractivity contribution in [1.29, 1.82) is 0 Å². The van der Waals surface area contributed by atoms with Crippen molar-refractivity contribution >= 4 is 17.2 Å². The molecular formula is C20H22N4O5. The van der Waals surface area contributed by atoms with Crippen LogP contribution in [0.25, 0.3) is 5.65 Å². The number of anilines is 1. The highest BCUT2D eigenvalue weighted by Crippen LogP contribution is 2.29. The molecule has 2 aromatic heterocycles. The van der Waals surface area contributed by atoms with Crippen molar-refractivity contribution in [1.82, 2.24) is 9.38 Å². The number of benzene rings is 1. The summed E-state index contributed by atoms with van der Waals surface area (Å²) in [7, 11) is 0. The monoisotopic (exact) mass is 398 g/mol. The number of rotatable bonds is 9. The van der Waals surface area contributed by atoms with E-state index in [-0.39, 0.29) is 5.82 Å². The zero-order chi connectivity index (χ0) is 20.8. The molecule has 0 saturated heterocycles. The molecule has 0 amide bonds. The van der Waals surface area contributed by atoms with Gasteiger partial charge in [0.1, 0.15) is 5.65 Å². The molecule has 9 nitrogen and oxygen atoms in total. The van der Waals surface area contributed by atoms with E-state index < -0.39 is 16.2 Å². The summed E-state index contributed by atoms with van der Waals surface area (Å²) in [4.78, 5) is 27.4. The van der Waals surface area contributed by atoms with Gasteiger partial charge in [0.2, 0.25) is 5.82 Å². The lowest BCUT2D eigenvalue weighted by Crippen LogP contribution is -2.21. The van der Waals surface area contributed by atoms with E-state index >= 15 is 0 Å². The number of hydrogen-bond acceptors (Lipinski definition) is 7. The Labute approximate surface area is 167 Å². The summed E-state index contributed by atoms with van der Waals surface area (Å²) < 4.78 is 12.3. The molecule has 0 bridgehead atoms. The van der Waals surface area contributed by atoms with Crippen molar-refractivity contribution < 1.29 is 14.4 Å². The smallest absolute Gasteiger partial charge is 0.376 e. The molecule has 0 radical (unpaired) electrons. The Morgan fingerprint density at radius 3 is 2.62 bits per heavy atom. The van der Waals surface area contributed by atoms with Gasteiger partial charge in [-0.2, -0.15) is 0 Å². The molecule has 3 rings (SSSR count). The van der Waals surface area contributed by atoms with E-state index in [1.54, 1.807) is 18.2 Å². The number of aromatic nitrogens is 2. The van der Waals surface area contributed by atoms with Gasteiger partial charge < -0.3 is 14.8 Å². The van der Waals surface area contributed by atoms with Crippen LogP contribution in [0.5, 0.6) is 11.5 Å². The highest BCUT2D eigenvalue weighted by Gasteiger charge is 2.23. The van der Waals surface area contributed by atoms with Gasteiger partial charge in [0, 0.05) is 12.7 Å². The van der Waals surface area contributed by atoms with Gasteiger partial charge in [0.25, 0.3) is 0 Å². The number of pyridine rings is 1. The Morgan fingerprint density at radius 1 is 1.14 bits per heavy atom. The molecule has 0 unspecified atom stereocenters. The van der Waals surface area contributed by atoms with E-state index in [0.29, 0.717) is 43.3 Å². The largest absolute Gasteiger partial charge is 0.490 e. The first kappa shape index (κ1) is 20.1. The van der Waals surface area contributed by atoms with Crippen LogP contribution >= 0.6 is 0 Å². The quantitative estimate of drug-likeness (QED) is 0.436. The lowest BCUT2D eigenvalue weighted by molar-refractivity contribution is -0.385. The standard InChI is InChI=1S/C20H22N4O5/c1-3-28-15-9-8-14(13-16(15)29-4-2)10-11-21-19-18(24(26)27)20(25)23-12-6-5-7-17(23)22-19/h5-9,12-13,21H,3-4,10-11H2,1-2H3. The van der Waals surface area contributed by atoms with Crippen LogP contribution in [0.1, 0.15) is 19.4 Å². The predicted octanol–water partition coefficient (Wildman–Crippen LogP) is 3.05. The Kier molecular flexibility index (Phi) is 6.28. The zero-order valence-electron chi connectivity index (χ0n) is 16.3. The van der Waals surface area contributed by atoms with E-state index in [9.17, 15) is 14.9 Å². The third-order valence-electron chi connectivity index (χ3n) is 4.21. The molecule has 0 aliphatic carbocycles. The zero-order valence-corrected chi connectivity index (χ0v) is 16.3. The second kappa shape index (κ2) is 9.05. The molecule has 1 aromatic carbocycles. The minimum Gasteiger partial charge on any atom is -0.490 e. The minimum atomic E-state index is -0.720. The van der Waals surface area contributed by atoms with E-state index in [0.717, 1.165) is 9.96 Å². The van der Waals surface area contributed by atoms with E-state index in [4.69, 9.17) is 9.47 Å². The summed E-state index contributed by atoms with van der Waals surface area (Å²) in [5.41, 5.74) is 0.00747. The lowest BCUT2D eigenvalue weighted by atomic mass is 10.1. The van der Waals surface area contributed by atoms with Crippen LogP contribution < -0.4 is 20.3 Å². The summed E-state index contributed by atoms with van der Waals surface area (Å²) in [6, 6.07) is 10.6. The Morgan fingerprint density at radius 2 is 1.90 bits per heavy atom. The van der Waals surface area contributed by atoms with Crippen molar-refractivity contribution in [3.05, 3.63) is 68.6 Å². The highest BCUT2D eigenvalue weighted by molar-refractivity contribution is 5.59. The SMILES string of the molecule is CCOc1ccc(CCNc2nc3ccccn3c(=O)c2[N+](=O)[O-])cc1OCC. The molecule has 0 spiro atoms. The Bertz CT molecular complexity index is 1080. The molecule has 0 fully saturated rings. The lowest BCUT2D eigenvalue weighted by Gasteiger charge is -2.13. The maximum absolute atomic E-state index is 12.5. The third kappa shape index (κ3) is 4.45. The van der Waals surface area contributed by atoms with Crippen LogP contribution in [-0.2, 0) is 6.42 Å². The maximum Gasteiger partial charge on any atom is 0.376 e. The molecule has 2 heterocycles. The summed E-state index contributed by atoms with van der Waals surface area (Å²) in [6.07, 6.45) is 2.01. The minimum absolute atomic E-state index is 0.0397. The number of hydrogen-bond donors (Lipinski definition) is 1. The second-order valence-electron chi connectivity index (χ2n) is 6.12. The van der Waals surface area contributed by atoms with Gasteiger partial charge in [0.15, 0.2) is 11.5 Å². The first-order chi connectivity index (χ1) is 14.0. The average molecular weight is 398 g/mol. The van der Waals surface area contributed by atoms with Crippen molar-refractivity contribution in [2.75, 3.05) is 25.1 Å². The summed E-state index contributed by atoms with van der Waals surface area (Å²) in [5.74, 6) is 1.29. The summed E-state index contributed by atoms with van der Waals surface area (Å²) in [6.45, 7) is 5.20. The van der Waals surface area contributed by atoms with Gasteiger partial charge in [0.05, 0.1) is 18.1 Å². The fourth-order valence-corrected chi connectivity index (χ4v) is 2.94. The van der Waals surface area contributed by atoms with Gasteiger partial charge in [-0.15, -0.1) is 0 Å². The topological polar surface area (TPSA) is 108 Å². The predicted molar refractivity (Wildman–Crippen MR) is 109 cm³/mol. The van der Waals surface area contributed by atoms with Crippen LogP contribution in [0.3, 0.4) is 0 Å². The van der Waals surface area contributed by atoms with Crippen LogP contribution in [-0.4, -0.2) is 34.1 Å². The van der Waals surface area contributed by atoms with Crippen LogP contribution in [0.4, 0.5) is 11.5 Å². The first-order valence-electron chi connectivity index (χ1n) is 9.33. The van der Waals surface area contributed by atoms with Gasteiger partial charge in [-0.3, -0.25) is 19.3 Å². The second-order valence-corrected chi connectivity index (χ2v) is 6.12. The molecule has 0 atom stereocenters. The van der Waals surface area contributed by atoms with E-state index in [2.05, 4.69) is 10.3 Å². The number of nitrogens with zero attached hydrogens (tertiary/aromatic N) is 3. The molecule has 1 N–H and O–H groups in total. The van der Waals surface area contributed by atoms with Gasteiger partial charge >= 0.3 is 11.2 Å². The Hall–Kier alpha value is -3.62. The van der Waals surface area contributed by atoms with Crippen LogP contribution in [0.15, 0.2) is 47.4 Å². The molecule has 0 aliphatic heterocycles. The molecular weight excluding hydrogens is 376 g/mol. The average Bonchev–Trinajstić information content (AvgIpc) is 2.70. The number of nitrogens with one attached hydrogen (secondary N) is 1. The molecule has 3 aromatic rings. The van der Waals surface area contributed by atoms with Crippen molar-refractivity contribution in [3.8, 4) is 11.5 Å². The summed E-state index contributed by atoms with van der Waals surface area (Å²) >= 11 is 0. The number of nitro groups is 1. The highest BCUT2D eigenvalue weighted by atomic mass is 16.6. The molecule has 152 valence electrons.